The quantitative estimate of drug-likeness (QED) is 0.390. The first kappa shape index (κ1) is 20.9. The summed E-state index contributed by atoms with van der Waals surface area (Å²) in [4.78, 5) is 18.3. The van der Waals surface area contributed by atoms with Gasteiger partial charge in [-0.2, -0.15) is 0 Å². The summed E-state index contributed by atoms with van der Waals surface area (Å²) < 4.78 is 5.38. The van der Waals surface area contributed by atoms with Crippen LogP contribution in [0, 0.1) is 20.8 Å². The molecule has 5 heteroatoms. The van der Waals surface area contributed by atoms with Gasteiger partial charge >= 0.3 is 0 Å². The van der Waals surface area contributed by atoms with Gasteiger partial charge in [0, 0.05) is 16.0 Å². The zero-order chi connectivity index (χ0) is 22.1. The van der Waals surface area contributed by atoms with Crippen LogP contribution in [0.1, 0.15) is 27.0 Å². The number of pyridine rings is 1. The number of carbonyl (C=O) groups excluding carboxylic acids is 1. The topological polar surface area (TPSA) is 51.2 Å². The lowest BCUT2D eigenvalue weighted by Gasteiger charge is -2.14. The molecule has 156 valence electrons. The van der Waals surface area contributed by atoms with Crippen LogP contribution in [0.3, 0.4) is 0 Å². The molecule has 0 fully saturated rings. The zero-order valence-electron chi connectivity index (χ0n) is 17.9. The molecule has 0 saturated heterocycles. The molecule has 0 bridgehead atoms. The van der Waals surface area contributed by atoms with Gasteiger partial charge in [0.25, 0.3) is 5.91 Å². The number of benzene rings is 3. The second-order valence-corrected chi connectivity index (χ2v) is 8.13. The molecule has 0 unspecified atom stereocenters. The van der Waals surface area contributed by atoms with E-state index in [2.05, 4.69) is 11.4 Å². The van der Waals surface area contributed by atoms with Gasteiger partial charge in [0.1, 0.15) is 5.75 Å². The fraction of sp³-hybridized carbons (Fsp3) is 0.154. The smallest absolute Gasteiger partial charge is 0.256 e. The molecular formula is C26H23ClN2O2. The summed E-state index contributed by atoms with van der Waals surface area (Å²) in [7, 11) is 1.56. The molecular weight excluding hydrogens is 408 g/mol. The SMILES string of the molecule is COc1ccc(Cl)cc1NC(=O)c1cc(-c2ccc(C)cc2)nc2c(C)cc(C)cc12. The number of ether oxygens (including phenoxy) is 1. The number of anilines is 1. The number of hydrogen-bond donors (Lipinski definition) is 1. The van der Waals surface area contributed by atoms with Crippen molar-refractivity contribution in [3.63, 3.8) is 0 Å². The summed E-state index contributed by atoms with van der Waals surface area (Å²) in [6.07, 6.45) is 0. The first-order valence-electron chi connectivity index (χ1n) is 9.99. The second kappa shape index (κ2) is 8.40. The molecule has 1 aromatic heterocycles. The Labute approximate surface area is 186 Å². The van der Waals surface area contributed by atoms with Crippen molar-refractivity contribution in [2.75, 3.05) is 12.4 Å². The molecule has 0 aliphatic carbocycles. The first-order valence-corrected chi connectivity index (χ1v) is 10.4. The van der Waals surface area contributed by atoms with Crippen molar-refractivity contribution in [2.45, 2.75) is 20.8 Å². The summed E-state index contributed by atoms with van der Waals surface area (Å²) >= 11 is 6.14. The number of methoxy groups -OCH3 is 1. The van der Waals surface area contributed by atoms with E-state index in [-0.39, 0.29) is 5.91 Å². The molecule has 4 aromatic rings. The second-order valence-electron chi connectivity index (χ2n) is 7.70. The van der Waals surface area contributed by atoms with Crippen LogP contribution >= 0.6 is 11.6 Å². The normalized spacial score (nSPS) is 10.9. The highest BCUT2D eigenvalue weighted by Gasteiger charge is 2.17. The van der Waals surface area contributed by atoms with E-state index in [4.69, 9.17) is 21.3 Å². The van der Waals surface area contributed by atoms with E-state index in [9.17, 15) is 4.79 Å². The van der Waals surface area contributed by atoms with Crippen LogP contribution in [0.15, 0.2) is 60.7 Å². The van der Waals surface area contributed by atoms with Crippen molar-refractivity contribution >= 4 is 34.1 Å². The Kier molecular flexibility index (Phi) is 5.66. The van der Waals surface area contributed by atoms with Gasteiger partial charge in [-0.05, 0) is 56.7 Å². The van der Waals surface area contributed by atoms with Crippen LogP contribution in [0.4, 0.5) is 5.69 Å². The van der Waals surface area contributed by atoms with Crippen LogP contribution < -0.4 is 10.1 Å². The number of amides is 1. The van der Waals surface area contributed by atoms with Crippen LogP contribution in [0.5, 0.6) is 5.75 Å². The average molecular weight is 431 g/mol. The Bertz CT molecular complexity index is 1300. The Hall–Kier alpha value is -3.37. The summed E-state index contributed by atoms with van der Waals surface area (Å²) in [5.41, 5.74) is 6.86. The van der Waals surface area contributed by atoms with Gasteiger partial charge in [0.15, 0.2) is 0 Å². The van der Waals surface area contributed by atoms with Crippen molar-refractivity contribution in [1.82, 2.24) is 4.98 Å². The lowest BCUT2D eigenvalue weighted by atomic mass is 9.99. The molecule has 31 heavy (non-hydrogen) atoms. The number of aromatic nitrogens is 1. The number of hydrogen-bond acceptors (Lipinski definition) is 3. The van der Waals surface area contributed by atoms with E-state index in [1.807, 2.05) is 57.2 Å². The van der Waals surface area contributed by atoms with E-state index < -0.39 is 0 Å². The first-order chi connectivity index (χ1) is 14.9. The molecule has 0 aliphatic heterocycles. The number of fused-ring (bicyclic) bond motifs is 1. The van der Waals surface area contributed by atoms with Gasteiger partial charge in [-0.25, -0.2) is 4.98 Å². The highest BCUT2D eigenvalue weighted by atomic mass is 35.5. The van der Waals surface area contributed by atoms with Crippen molar-refractivity contribution < 1.29 is 9.53 Å². The van der Waals surface area contributed by atoms with Crippen molar-refractivity contribution in [2.24, 2.45) is 0 Å². The third kappa shape index (κ3) is 4.25. The van der Waals surface area contributed by atoms with Gasteiger partial charge < -0.3 is 10.1 Å². The minimum absolute atomic E-state index is 0.244. The maximum absolute atomic E-state index is 13.4. The molecule has 0 aliphatic rings. The molecule has 1 heterocycles. The van der Waals surface area contributed by atoms with Crippen LogP contribution in [0.25, 0.3) is 22.2 Å². The maximum Gasteiger partial charge on any atom is 0.256 e. The lowest BCUT2D eigenvalue weighted by molar-refractivity contribution is 0.102. The maximum atomic E-state index is 13.4. The van der Waals surface area contributed by atoms with Crippen LogP contribution in [-0.4, -0.2) is 18.0 Å². The predicted octanol–water partition coefficient (Wildman–Crippen LogP) is 6.74. The molecule has 0 saturated carbocycles. The van der Waals surface area contributed by atoms with E-state index in [1.165, 1.54) is 5.56 Å². The molecule has 0 spiro atoms. The van der Waals surface area contributed by atoms with Crippen molar-refractivity contribution in [1.29, 1.82) is 0 Å². The minimum atomic E-state index is -0.244. The zero-order valence-corrected chi connectivity index (χ0v) is 18.7. The predicted molar refractivity (Wildman–Crippen MR) is 127 cm³/mol. The highest BCUT2D eigenvalue weighted by molar-refractivity contribution is 6.31. The number of carbonyl (C=O) groups is 1. The summed E-state index contributed by atoms with van der Waals surface area (Å²) in [5, 5.41) is 4.29. The van der Waals surface area contributed by atoms with E-state index in [0.29, 0.717) is 22.0 Å². The monoisotopic (exact) mass is 430 g/mol. The number of halogens is 1. The van der Waals surface area contributed by atoms with Crippen molar-refractivity contribution in [3.8, 4) is 17.0 Å². The van der Waals surface area contributed by atoms with Crippen LogP contribution in [0.2, 0.25) is 5.02 Å². The summed E-state index contributed by atoms with van der Waals surface area (Å²) in [5.74, 6) is 0.300. The average Bonchev–Trinajstić information content (AvgIpc) is 2.74. The number of aryl methyl sites for hydroxylation is 3. The number of rotatable bonds is 4. The standard InChI is InChI=1S/C26H23ClN2O2/c1-15-5-7-18(8-6-15)22-14-21(20-12-16(2)11-17(3)25(20)28-22)26(30)29-23-13-19(27)9-10-24(23)31-4/h5-14H,1-4H3,(H,29,30). The largest absolute Gasteiger partial charge is 0.495 e. The molecule has 3 aromatic carbocycles. The Balaban J connectivity index is 1.88. The van der Waals surface area contributed by atoms with Gasteiger partial charge in [0.2, 0.25) is 0 Å². The highest BCUT2D eigenvalue weighted by Crippen LogP contribution is 2.31. The molecule has 4 rings (SSSR count). The Morgan fingerprint density at radius 1 is 0.935 bits per heavy atom. The van der Waals surface area contributed by atoms with Gasteiger partial charge in [-0.1, -0.05) is 53.1 Å². The number of nitrogens with zero attached hydrogens (tertiary/aromatic N) is 1. The third-order valence-electron chi connectivity index (χ3n) is 5.25. The Morgan fingerprint density at radius 3 is 2.39 bits per heavy atom. The van der Waals surface area contributed by atoms with Gasteiger partial charge in [-0.3, -0.25) is 4.79 Å². The molecule has 0 atom stereocenters. The van der Waals surface area contributed by atoms with Gasteiger partial charge in [0.05, 0.1) is 29.6 Å². The lowest BCUT2D eigenvalue weighted by Crippen LogP contribution is -2.14. The van der Waals surface area contributed by atoms with E-state index in [1.54, 1.807) is 25.3 Å². The van der Waals surface area contributed by atoms with Crippen LogP contribution in [-0.2, 0) is 0 Å². The number of nitrogens with one attached hydrogen (secondary N) is 1. The summed E-state index contributed by atoms with van der Waals surface area (Å²) in [6, 6.07) is 19.2. The van der Waals surface area contributed by atoms with E-state index in [0.717, 1.165) is 33.3 Å². The van der Waals surface area contributed by atoms with E-state index >= 15 is 0 Å². The minimum Gasteiger partial charge on any atom is -0.495 e. The molecule has 4 nitrogen and oxygen atoms in total. The van der Waals surface area contributed by atoms with Crippen molar-refractivity contribution in [3.05, 3.63) is 87.9 Å². The molecule has 0 radical (unpaired) electrons. The Morgan fingerprint density at radius 2 is 1.68 bits per heavy atom. The van der Waals surface area contributed by atoms with Gasteiger partial charge in [-0.15, -0.1) is 0 Å². The fourth-order valence-corrected chi connectivity index (χ4v) is 3.88. The molecule has 1 N–H and O–H groups in total. The molecule has 1 amide bonds. The fourth-order valence-electron chi connectivity index (χ4n) is 3.71. The third-order valence-corrected chi connectivity index (χ3v) is 5.49. The summed E-state index contributed by atoms with van der Waals surface area (Å²) in [6.45, 7) is 6.08.